The first-order valence-corrected chi connectivity index (χ1v) is 9.10. The molecule has 144 valence electrons. The molecule has 28 heavy (non-hydrogen) atoms. The quantitative estimate of drug-likeness (QED) is 0.689. The summed E-state index contributed by atoms with van der Waals surface area (Å²) in [7, 11) is 1.60. The molecule has 4 rings (SSSR count). The predicted molar refractivity (Wildman–Crippen MR) is 105 cm³/mol. The Bertz CT molecular complexity index is 957. The van der Waals surface area contributed by atoms with E-state index in [1.54, 1.807) is 37.6 Å². The van der Waals surface area contributed by atoms with Gasteiger partial charge in [-0.25, -0.2) is 24.3 Å². The highest BCUT2D eigenvalue weighted by atomic mass is 19.1. The summed E-state index contributed by atoms with van der Waals surface area (Å²) in [5.41, 5.74) is 0.985. The number of nitrogens with zero attached hydrogens (tertiary/aromatic N) is 6. The van der Waals surface area contributed by atoms with Crippen LogP contribution in [0.25, 0.3) is 11.3 Å². The number of rotatable bonds is 4. The molecule has 0 spiro atoms. The molecular formula is C20H21FN6O. The number of ether oxygens (including phenoxy) is 1. The van der Waals surface area contributed by atoms with Gasteiger partial charge in [0.1, 0.15) is 29.4 Å². The third kappa shape index (κ3) is 3.58. The Morgan fingerprint density at radius 3 is 2.32 bits per heavy atom. The van der Waals surface area contributed by atoms with Crippen molar-refractivity contribution in [2.24, 2.45) is 0 Å². The van der Waals surface area contributed by atoms with Gasteiger partial charge in [0.2, 0.25) is 0 Å². The molecule has 0 aliphatic carbocycles. The zero-order valence-electron chi connectivity index (χ0n) is 15.8. The highest BCUT2D eigenvalue weighted by Crippen LogP contribution is 2.28. The van der Waals surface area contributed by atoms with Gasteiger partial charge in [0.15, 0.2) is 11.6 Å². The van der Waals surface area contributed by atoms with Gasteiger partial charge in [-0.2, -0.15) is 0 Å². The molecular weight excluding hydrogens is 359 g/mol. The fourth-order valence-corrected chi connectivity index (χ4v) is 3.30. The Morgan fingerprint density at radius 1 is 0.929 bits per heavy atom. The Kier molecular flexibility index (Phi) is 5.01. The van der Waals surface area contributed by atoms with Crippen LogP contribution in [0, 0.1) is 12.7 Å². The lowest BCUT2D eigenvalue weighted by molar-refractivity contribution is 0.415. The van der Waals surface area contributed by atoms with Gasteiger partial charge in [0, 0.05) is 37.9 Å². The molecule has 1 aromatic carbocycles. The van der Waals surface area contributed by atoms with Gasteiger partial charge in [-0.05, 0) is 37.3 Å². The fourth-order valence-electron chi connectivity index (χ4n) is 3.30. The van der Waals surface area contributed by atoms with E-state index in [0.29, 0.717) is 30.2 Å². The average molecular weight is 380 g/mol. The van der Waals surface area contributed by atoms with Crippen molar-refractivity contribution in [2.75, 3.05) is 43.1 Å². The van der Waals surface area contributed by atoms with Crippen LogP contribution in [0.5, 0.6) is 5.75 Å². The van der Waals surface area contributed by atoms with Gasteiger partial charge in [0.25, 0.3) is 0 Å². The minimum Gasteiger partial charge on any atom is -0.497 e. The van der Waals surface area contributed by atoms with Crippen molar-refractivity contribution in [3.63, 3.8) is 0 Å². The number of methoxy groups -OCH3 is 1. The zero-order chi connectivity index (χ0) is 19.5. The van der Waals surface area contributed by atoms with E-state index in [2.05, 4.69) is 24.8 Å². The van der Waals surface area contributed by atoms with Crippen molar-refractivity contribution in [1.29, 1.82) is 0 Å². The third-order valence-corrected chi connectivity index (χ3v) is 4.80. The molecule has 0 atom stereocenters. The predicted octanol–water partition coefficient (Wildman–Crippen LogP) is 2.72. The summed E-state index contributed by atoms with van der Waals surface area (Å²) in [6.07, 6.45) is 3.17. The number of piperazine rings is 1. The second kappa shape index (κ2) is 7.75. The Hall–Kier alpha value is -3.29. The highest BCUT2D eigenvalue weighted by Gasteiger charge is 2.23. The minimum atomic E-state index is -0.404. The van der Waals surface area contributed by atoms with Crippen molar-refractivity contribution < 1.29 is 9.13 Å². The molecule has 0 N–H and O–H groups in total. The Morgan fingerprint density at radius 2 is 1.64 bits per heavy atom. The van der Waals surface area contributed by atoms with Crippen molar-refractivity contribution in [2.45, 2.75) is 6.92 Å². The SMILES string of the molecule is COc1ccc(-c2ncnc(N3CCN(c4ccnc(C)n4)CC3)c2F)cc1. The van der Waals surface area contributed by atoms with E-state index in [4.69, 9.17) is 4.74 Å². The van der Waals surface area contributed by atoms with E-state index in [0.717, 1.165) is 30.5 Å². The normalized spacial score (nSPS) is 14.2. The van der Waals surface area contributed by atoms with Crippen molar-refractivity contribution in [3.05, 3.63) is 54.5 Å². The van der Waals surface area contributed by atoms with E-state index < -0.39 is 5.82 Å². The zero-order valence-corrected chi connectivity index (χ0v) is 15.8. The third-order valence-electron chi connectivity index (χ3n) is 4.80. The second-order valence-corrected chi connectivity index (χ2v) is 6.52. The lowest BCUT2D eigenvalue weighted by atomic mass is 10.1. The molecule has 3 aromatic rings. The summed E-state index contributed by atoms with van der Waals surface area (Å²) in [6.45, 7) is 4.64. The summed E-state index contributed by atoms with van der Waals surface area (Å²) < 4.78 is 20.3. The van der Waals surface area contributed by atoms with Crippen molar-refractivity contribution in [3.8, 4) is 17.0 Å². The van der Waals surface area contributed by atoms with Crippen LogP contribution in [0.2, 0.25) is 0 Å². The molecule has 8 heteroatoms. The number of halogens is 1. The van der Waals surface area contributed by atoms with Crippen LogP contribution >= 0.6 is 0 Å². The molecule has 0 unspecified atom stereocenters. The highest BCUT2D eigenvalue weighted by molar-refractivity contribution is 5.64. The summed E-state index contributed by atoms with van der Waals surface area (Å²) >= 11 is 0. The monoisotopic (exact) mass is 380 g/mol. The number of anilines is 2. The lowest BCUT2D eigenvalue weighted by Gasteiger charge is -2.36. The average Bonchev–Trinajstić information content (AvgIpc) is 2.74. The van der Waals surface area contributed by atoms with Crippen molar-refractivity contribution >= 4 is 11.6 Å². The smallest absolute Gasteiger partial charge is 0.191 e. The number of benzene rings is 1. The first kappa shape index (κ1) is 18.1. The van der Waals surface area contributed by atoms with E-state index in [9.17, 15) is 0 Å². The molecule has 7 nitrogen and oxygen atoms in total. The maximum atomic E-state index is 15.2. The summed E-state index contributed by atoms with van der Waals surface area (Å²) in [4.78, 5) is 21.1. The molecule has 0 bridgehead atoms. The van der Waals surface area contributed by atoms with E-state index >= 15 is 4.39 Å². The molecule has 1 aliphatic rings. The molecule has 1 saturated heterocycles. The summed E-state index contributed by atoms with van der Waals surface area (Å²) in [5.74, 6) is 2.29. The van der Waals surface area contributed by atoms with Crippen LogP contribution in [0.1, 0.15) is 5.82 Å². The number of hydrogen-bond donors (Lipinski definition) is 0. The summed E-state index contributed by atoms with van der Waals surface area (Å²) in [5, 5.41) is 0. The van der Waals surface area contributed by atoms with Gasteiger partial charge in [-0.15, -0.1) is 0 Å². The van der Waals surface area contributed by atoms with E-state index in [1.807, 2.05) is 17.9 Å². The van der Waals surface area contributed by atoms with Gasteiger partial charge >= 0.3 is 0 Å². The van der Waals surface area contributed by atoms with Gasteiger partial charge in [-0.1, -0.05) is 0 Å². The van der Waals surface area contributed by atoms with Crippen LogP contribution in [-0.4, -0.2) is 53.2 Å². The molecule has 1 aliphatic heterocycles. The van der Waals surface area contributed by atoms with Crippen LogP contribution in [0.15, 0.2) is 42.9 Å². The van der Waals surface area contributed by atoms with Gasteiger partial charge in [-0.3, -0.25) is 0 Å². The van der Waals surface area contributed by atoms with Crippen LogP contribution < -0.4 is 14.5 Å². The second-order valence-electron chi connectivity index (χ2n) is 6.52. The largest absolute Gasteiger partial charge is 0.497 e. The number of aryl methyl sites for hydroxylation is 1. The van der Waals surface area contributed by atoms with Crippen LogP contribution in [-0.2, 0) is 0 Å². The fraction of sp³-hybridized carbons (Fsp3) is 0.300. The maximum absolute atomic E-state index is 15.2. The minimum absolute atomic E-state index is 0.293. The van der Waals surface area contributed by atoms with Crippen LogP contribution in [0.3, 0.4) is 0 Å². The number of hydrogen-bond acceptors (Lipinski definition) is 7. The topological polar surface area (TPSA) is 67.3 Å². The van der Waals surface area contributed by atoms with E-state index in [1.165, 1.54) is 6.33 Å². The van der Waals surface area contributed by atoms with Gasteiger partial charge in [0.05, 0.1) is 7.11 Å². The molecule has 0 saturated carbocycles. The summed E-state index contributed by atoms with van der Waals surface area (Å²) in [6, 6.07) is 9.07. The standard InChI is InChI=1S/C20H21FN6O/c1-14-22-8-7-17(25-14)26-9-11-27(12-10-26)20-18(21)19(23-13-24-20)15-3-5-16(28-2)6-4-15/h3-8,13H,9-12H2,1-2H3. The van der Waals surface area contributed by atoms with Crippen molar-refractivity contribution in [1.82, 2.24) is 19.9 Å². The Balaban J connectivity index is 1.52. The Labute approximate surface area is 162 Å². The molecule has 2 aromatic heterocycles. The van der Waals surface area contributed by atoms with E-state index in [-0.39, 0.29) is 0 Å². The maximum Gasteiger partial charge on any atom is 0.191 e. The lowest BCUT2D eigenvalue weighted by Crippen LogP contribution is -2.47. The van der Waals surface area contributed by atoms with Gasteiger partial charge < -0.3 is 14.5 Å². The first-order valence-electron chi connectivity index (χ1n) is 9.10. The number of aromatic nitrogens is 4. The molecule has 0 amide bonds. The molecule has 3 heterocycles. The molecule has 0 radical (unpaired) electrons. The van der Waals surface area contributed by atoms with Crippen LogP contribution in [0.4, 0.5) is 16.0 Å². The molecule has 1 fully saturated rings. The first-order chi connectivity index (χ1) is 13.7.